The van der Waals surface area contributed by atoms with Gasteiger partial charge in [-0.3, -0.25) is 4.79 Å². The third-order valence-electron chi connectivity index (χ3n) is 12.6. The molecule has 2 aliphatic rings. The first-order chi connectivity index (χ1) is 32.1. The third-order valence-corrected chi connectivity index (χ3v) is 12.6. The highest BCUT2D eigenvalue weighted by Crippen LogP contribution is 2.30. The van der Waals surface area contributed by atoms with Crippen LogP contribution in [0.1, 0.15) is 181 Å². The number of hydrogen-bond donors (Lipinski definition) is 9. The van der Waals surface area contributed by atoms with Crippen molar-refractivity contribution in [2.75, 3.05) is 19.8 Å². The largest absolute Gasteiger partial charge is 0.394 e. The summed E-state index contributed by atoms with van der Waals surface area (Å²) in [6.45, 7) is 2.55. The van der Waals surface area contributed by atoms with Gasteiger partial charge in [0.15, 0.2) is 12.6 Å². The van der Waals surface area contributed by atoms with Crippen molar-refractivity contribution in [3.05, 3.63) is 48.6 Å². The Morgan fingerprint density at radius 2 is 1.05 bits per heavy atom. The van der Waals surface area contributed by atoms with E-state index in [1.54, 1.807) is 0 Å². The molecule has 12 atom stereocenters. The lowest BCUT2D eigenvalue weighted by Crippen LogP contribution is -2.65. The lowest BCUT2D eigenvalue weighted by molar-refractivity contribution is -0.359. The van der Waals surface area contributed by atoms with Crippen LogP contribution in [-0.2, 0) is 23.7 Å². The molecule has 9 N–H and O–H groups in total. The summed E-state index contributed by atoms with van der Waals surface area (Å²) in [6.07, 6.45) is 29.6. The number of amides is 1. The predicted octanol–water partition coefficient (Wildman–Crippen LogP) is 6.88. The Morgan fingerprint density at radius 1 is 0.561 bits per heavy atom. The summed E-state index contributed by atoms with van der Waals surface area (Å²) in [6, 6.07) is -0.824. The van der Waals surface area contributed by atoms with Crippen molar-refractivity contribution in [2.24, 2.45) is 0 Å². The molecule has 14 heteroatoms. The van der Waals surface area contributed by atoms with E-state index in [1.807, 2.05) is 0 Å². The highest BCUT2D eigenvalue weighted by molar-refractivity contribution is 5.76. The Bertz CT molecular complexity index is 1290. The molecule has 2 rings (SSSR count). The van der Waals surface area contributed by atoms with E-state index in [0.29, 0.717) is 12.8 Å². The van der Waals surface area contributed by atoms with E-state index in [0.717, 1.165) is 70.6 Å². The fraction of sp³-hybridized carbons (Fsp3) is 0.827. The summed E-state index contributed by atoms with van der Waals surface area (Å²) in [4.78, 5) is 13.0. The molecule has 0 radical (unpaired) electrons. The summed E-state index contributed by atoms with van der Waals surface area (Å²) >= 11 is 0. The number of carbonyl (C=O) groups is 1. The van der Waals surface area contributed by atoms with E-state index in [9.17, 15) is 45.6 Å². The van der Waals surface area contributed by atoms with Gasteiger partial charge in [0, 0.05) is 6.42 Å². The topological polar surface area (TPSA) is 228 Å². The van der Waals surface area contributed by atoms with Crippen LogP contribution in [0.2, 0.25) is 0 Å². The maximum Gasteiger partial charge on any atom is 0.220 e. The summed E-state index contributed by atoms with van der Waals surface area (Å²) in [5.41, 5.74) is 0. The highest BCUT2D eigenvalue weighted by Gasteiger charge is 2.51. The number of aliphatic hydroxyl groups excluding tert-OH is 8. The Morgan fingerprint density at radius 3 is 1.58 bits per heavy atom. The van der Waals surface area contributed by atoms with E-state index in [2.05, 4.69) is 67.8 Å². The number of nitrogens with one attached hydrogen (secondary N) is 1. The smallest absolute Gasteiger partial charge is 0.220 e. The van der Waals surface area contributed by atoms with Gasteiger partial charge in [-0.2, -0.15) is 0 Å². The van der Waals surface area contributed by atoms with Gasteiger partial charge in [0.1, 0.15) is 48.8 Å². The first-order valence-corrected chi connectivity index (χ1v) is 25.9. The van der Waals surface area contributed by atoms with Crippen molar-refractivity contribution in [2.45, 2.75) is 254 Å². The lowest BCUT2D eigenvalue weighted by Gasteiger charge is -2.46. The molecule has 12 unspecified atom stereocenters. The molecule has 2 fully saturated rings. The van der Waals surface area contributed by atoms with Gasteiger partial charge in [0.25, 0.3) is 0 Å². The van der Waals surface area contributed by atoms with Gasteiger partial charge in [-0.1, -0.05) is 172 Å². The molecular weight excluding hydrogens is 847 g/mol. The van der Waals surface area contributed by atoms with Gasteiger partial charge < -0.3 is 65.1 Å². The molecule has 0 spiro atoms. The first-order valence-electron chi connectivity index (χ1n) is 25.9. The molecule has 0 aromatic rings. The molecule has 0 bridgehead atoms. The minimum atomic E-state index is -1.78. The lowest BCUT2D eigenvalue weighted by atomic mass is 9.97. The van der Waals surface area contributed by atoms with Crippen molar-refractivity contribution in [1.82, 2.24) is 5.32 Å². The Hall–Kier alpha value is -2.05. The average molecular weight is 940 g/mol. The van der Waals surface area contributed by atoms with Crippen LogP contribution < -0.4 is 5.32 Å². The zero-order valence-electron chi connectivity index (χ0n) is 40.7. The number of allylic oxidation sites excluding steroid dienone is 8. The zero-order valence-corrected chi connectivity index (χ0v) is 40.7. The minimum Gasteiger partial charge on any atom is -0.394 e. The molecule has 66 heavy (non-hydrogen) atoms. The fourth-order valence-electron chi connectivity index (χ4n) is 8.34. The molecule has 0 aliphatic carbocycles. The molecule has 2 heterocycles. The predicted molar refractivity (Wildman–Crippen MR) is 258 cm³/mol. The zero-order chi connectivity index (χ0) is 48.2. The monoisotopic (exact) mass is 940 g/mol. The van der Waals surface area contributed by atoms with E-state index in [1.165, 1.54) is 83.5 Å². The number of aliphatic hydroxyl groups is 8. The number of unbranched alkanes of at least 4 members (excludes halogenated alkanes) is 18. The minimum absolute atomic E-state index is 0.220. The Kier molecular flexibility index (Phi) is 35.3. The summed E-state index contributed by atoms with van der Waals surface area (Å²) in [7, 11) is 0. The molecule has 384 valence electrons. The SMILES string of the molecule is CC/C=C\C/C=C\C/C=C\C/C=C\CCCCCCCCCCCCCCCCCCC(=O)NC(COC1OC(CO)C(OC2OC(CO)C(O)C(O)C2O)C(O)C1O)C(O)CCCCC. The number of carbonyl (C=O) groups excluding carboxylic acids is 1. The van der Waals surface area contributed by atoms with E-state index in [4.69, 9.17) is 18.9 Å². The Labute approximate surface area is 397 Å². The highest BCUT2D eigenvalue weighted by atomic mass is 16.7. The summed E-state index contributed by atoms with van der Waals surface area (Å²) < 4.78 is 22.5. The molecule has 0 saturated carbocycles. The second-order valence-corrected chi connectivity index (χ2v) is 18.3. The van der Waals surface area contributed by atoms with Gasteiger partial charge in [-0.05, 0) is 51.4 Å². The molecule has 0 aromatic carbocycles. The van der Waals surface area contributed by atoms with Gasteiger partial charge in [0.05, 0.1) is 32.0 Å². The van der Waals surface area contributed by atoms with Crippen LogP contribution >= 0.6 is 0 Å². The number of rotatable bonds is 39. The van der Waals surface area contributed by atoms with E-state index >= 15 is 0 Å². The fourth-order valence-corrected chi connectivity index (χ4v) is 8.34. The maximum absolute atomic E-state index is 13.0. The Balaban J connectivity index is 1.56. The van der Waals surface area contributed by atoms with Crippen molar-refractivity contribution in [3.8, 4) is 0 Å². The van der Waals surface area contributed by atoms with Crippen LogP contribution in [0.15, 0.2) is 48.6 Å². The van der Waals surface area contributed by atoms with Gasteiger partial charge in [-0.15, -0.1) is 0 Å². The second kappa shape index (κ2) is 38.8. The molecule has 14 nitrogen and oxygen atoms in total. The first kappa shape index (κ1) is 60.1. The quantitative estimate of drug-likeness (QED) is 0.0227. The normalized spacial score (nSPS) is 27.2. The van der Waals surface area contributed by atoms with E-state index in [-0.39, 0.29) is 12.5 Å². The second-order valence-electron chi connectivity index (χ2n) is 18.3. The molecule has 2 aliphatic heterocycles. The molecule has 1 amide bonds. The van der Waals surface area contributed by atoms with Gasteiger partial charge in [0.2, 0.25) is 5.91 Å². The average Bonchev–Trinajstić information content (AvgIpc) is 3.31. The van der Waals surface area contributed by atoms with Crippen molar-refractivity contribution < 1.29 is 64.6 Å². The van der Waals surface area contributed by atoms with Crippen molar-refractivity contribution >= 4 is 5.91 Å². The van der Waals surface area contributed by atoms with Crippen LogP contribution in [0.5, 0.6) is 0 Å². The van der Waals surface area contributed by atoms with Gasteiger partial charge >= 0.3 is 0 Å². The number of hydrogen-bond acceptors (Lipinski definition) is 13. The van der Waals surface area contributed by atoms with Crippen LogP contribution in [-0.4, -0.2) is 140 Å². The molecule has 2 saturated heterocycles. The van der Waals surface area contributed by atoms with Crippen molar-refractivity contribution in [1.29, 1.82) is 0 Å². The van der Waals surface area contributed by atoms with Crippen LogP contribution in [0.3, 0.4) is 0 Å². The maximum atomic E-state index is 13.0. The molecular formula is C52H93NO13. The van der Waals surface area contributed by atoms with Crippen LogP contribution in [0, 0.1) is 0 Å². The summed E-state index contributed by atoms with van der Waals surface area (Å²) in [5.74, 6) is -0.220. The van der Waals surface area contributed by atoms with Crippen LogP contribution in [0.4, 0.5) is 0 Å². The standard InChI is InChI=1S/C52H93NO13/c1-3-5-7-8-9-10-11-12-13-14-15-16-17-18-19-20-21-22-23-24-25-26-27-28-29-30-31-32-34-36-44(57)53-40(41(56)35-33-6-4-2)39-63-51-49(62)47(60)50(43(38-55)65-51)66-52-48(61)46(59)45(58)42(37-54)64-52/h5,7,9-10,12-13,15-16,40-43,45-52,54-56,58-62H,3-4,6,8,11,14,17-39H2,1-2H3,(H,53,57)/b7-5-,10-9-,13-12-,16-15-. The van der Waals surface area contributed by atoms with Crippen LogP contribution in [0.25, 0.3) is 0 Å². The number of ether oxygens (including phenoxy) is 4. The van der Waals surface area contributed by atoms with Gasteiger partial charge in [-0.25, -0.2) is 0 Å². The van der Waals surface area contributed by atoms with Crippen molar-refractivity contribution in [3.63, 3.8) is 0 Å². The van der Waals surface area contributed by atoms with E-state index < -0.39 is 86.8 Å². The molecule has 0 aromatic heterocycles. The third kappa shape index (κ3) is 25.5. The summed E-state index contributed by atoms with van der Waals surface area (Å²) in [5, 5.41) is 86.0.